The van der Waals surface area contributed by atoms with E-state index < -0.39 is 39.9 Å². The minimum absolute atomic E-state index is 0.0266. The number of nitrogens with zero attached hydrogens (tertiary/aromatic N) is 3. The molecule has 1 saturated heterocycles. The molecule has 166 valence electrons. The highest BCUT2D eigenvalue weighted by Gasteiger charge is 2.39. The molecule has 2 unspecified atom stereocenters. The van der Waals surface area contributed by atoms with Gasteiger partial charge < -0.3 is 19.7 Å². The molecule has 12 heteroatoms. The van der Waals surface area contributed by atoms with Gasteiger partial charge in [0.25, 0.3) is 0 Å². The standard InChI is InChI=1S/C18H26N4O7S/c1-28-12-16(23)22-8-7-21(30(3,26)27)11-15(22)17(24)20-14(18(25)29-2)9-13-5-4-6-19-10-13/h4-6,10,14-15H,7-9,11-12H2,1-3H3,(H,20,24). The van der Waals surface area contributed by atoms with E-state index in [-0.39, 0.29) is 32.7 Å². The van der Waals surface area contributed by atoms with Gasteiger partial charge in [-0.3, -0.25) is 14.6 Å². The van der Waals surface area contributed by atoms with Gasteiger partial charge in [0.05, 0.1) is 13.4 Å². The molecule has 2 heterocycles. The van der Waals surface area contributed by atoms with Crippen LogP contribution in [0.25, 0.3) is 0 Å². The summed E-state index contributed by atoms with van der Waals surface area (Å²) in [5, 5.41) is 2.59. The largest absolute Gasteiger partial charge is 0.467 e. The third-order valence-electron chi connectivity index (χ3n) is 4.67. The number of ether oxygens (including phenoxy) is 2. The fraction of sp³-hybridized carbons (Fsp3) is 0.556. The number of carbonyl (C=O) groups is 3. The first-order chi connectivity index (χ1) is 14.2. The van der Waals surface area contributed by atoms with Crippen LogP contribution in [0.1, 0.15) is 5.56 Å². The molecule has 0 aromatic carbocycles. The third-order valence-corrected chi connectivity index (χ3v) is 5.94. The van der Waals surface area contributed by atoms with E-state index >= 15 is 0 Å². The van der Waals surface area contributed by atoms with Gasteiger partial charge in [-0.15, -0.1) is 0 Å². The third kappa shape index (κ3) is 6.21. The maximum absolute atomic E-state index is 13.0. The Morgan fingerprint density at radius 1 is 1.30 bits per heavy atom. The zero-order chi connectivity index (χ0) is 22.3. The highest BCUT2D eigenvalue weighted by Crippen LogP contribution is 2.15. The van der Waals surface area contributed by atoms with Gasteiger partial charge >= 0.3 is 5.97 Å². The molecule has 0 saturated carbocycles. The van der Waals surface area contributed by atoms with Crippen molar-refractivity contribution in [3.05, 3.63) is 30.1 Å². The number of methoxy groups -OCH3 is 2. The van der Waals surface area contributed by atoms with Gasteiger partial charge in [0, 0.05) is 45.6 Å². The number of amides is 2. The Morgan fingerprint density at radius 2 is 2.03 bits per heavy atom. The molecule has 2 rings (SSSR count). The van der Waals surface area contributed by atoms with Gasteiger partial charge in [0.15, 0.2) is 0 Å². The molecule has 0 radical (unpaired) electrons. The summed E-state index contributed by atoms with van der Waals surface area (Å²) in [6, 6.07) is 1.30. The molecule has 0 bridgehead atoms. The molecule has 1 aromatic rings. The molecule has 11 nitrogen and oxygen atoms in total. The second-order valence-corrected chi connectivity index (χ2v) is 8.79. The van der Waals surface area contributed by atoms with Crippen molar-refractivity contribution in [3.8, 4) is 0 Å². The zero-order valence-electron chi connectivity index (χ0n) is 17.1. The lowest BCUT2D eigenvalue weighted by Crippen LogP contribution is -2.63. The molecule has 1 fully saturated rings. The average Bonchev–Trinajstić information content (AvgIpc) is 2.72. The Balaban J connectivity index is 2.23. The number of rotatable bonds is 8. The van der Waals surface area contributed by atoms with Crippen molar-refractivity contribution in [1.29, 1.82) is 0 Å². The second-order valence-electron chi connectivity index (χ2n) is 6.81. The molecular weight excluding hydrogens is 416 g/mol. The number of nitrogens with one attached hydrogen (secondary N) is 1. The van der Waals surface area contributed by atoms with E-state index in [1.807, 2.05) is 0 Å². The van der Waals surface area contributed by atoms with Crippen LogP contribution in [-0.2, 0) is 40.3 Å². The molecular formula is C18H26N4O7S. The smallest absolute Gasteiger partial charge is 0.328 e. The SMILES string of the molecule is COCC(=O)N1CCN(S(C)(=O)=O)CC1C(=O)NC(Cc1cccnc1)C(=O)OC. The molecule has 30 heavy (non-hydrogen) atoms. The molecule has 1 aliphatic rings. The van der Waals surface area contributed by atoms with Gasteiger partial charge in [-0.1, -0.05) is 6.07 Å². The van der Waals surface area contributed by atoms with Crippen LogP contribution >= 0.6 is 0 Å². The van der Waals surface area contributed by atoms with E-state index in [9.17, 15) is 22.8 Å². The summed E-state index contributed by atoms with van der Waals surface area (Å²) in [6.45, 7) is -0.382. The van der Waals surface area contributed by atoms with Crippen LogP contribution < -0.4 is 5.32 Å². The number of esters is 1. The Bertz CT molecular complexity index is 863. The van der Waals surface area contributed by atoms with Crippen molar-refractivity contribution in [2.75, 3.05) is 46.7 Å². The van der Waals surface area contributed by atoms with Gasteiger partial charge in [-0.25, -0.2) is 13.2 Å². The van der Waals surface area contributed by atoms with Crippen molar-refractivity contribution < 1.29 is 32.3 Å². The molecule has 2 amide bonds. The Labute approximate surface area is 175 Å². The van der Waals surface area contributed by atoms with Crippen LogP contribution in [0.5, 0.6) is 0 Å². The number of aromatic nitrogens is 1. The molecule has 2 atom stereocenters. The molecule has 0 aliphatic carbocycles. The number of hydrogen-bond acceptors (Lipinski definition) is 8. The van der Waals surface area contributed by atoms with Crippen LogP contribution in [0.2, 0.25) is 0 Å². The Kier molecular flexibility index (Phi) is 8.26. The second kappa shape index (κ2) is 10.5. The van der Waals surface area contributed by atoms with Crippen molar-refractivity contribution in [2.45, 2.75) is 18.5 Å². The monoisotopic (exact) mass is 442 g/mol. The maximum Gasteiger partial charge on any atom is 0.328 e. The Hall–Kier alpha value is -2.57. The van der Waals surface area contributed by atoms with E-state index in [4.69, 9.17) is 9.47 Å². The first-order valence-electron chi connectivity index (χ1n) is 9.18. The summed E-state index contributed by atoms with van der Waals surface area (Å²) >= 11 is 0. The average molecular weight is 442 g/mol. The highest BCUT2D eigenvalue weighted by atomic mass is 32.2. The fourth-order valence-electron chi connectivity index (χ4n) is 3.15. The van der Waals surface area contributed by atoms with Crippen molar-refractivity contribution in [1.82, 2.24) is 19.5 Å². The summed E-state index contributed by atoms with van der Waals surface area (Å²) < 4.78 is 34.7. The topological polar surface area (TPSA) is 135 Å². The van der Waals surface area contributed by atoms with Crippen LogP contribution in [0, 0.1) is 0 Å². The minimum atomic E-state index is -3.57. The molecule has 1 N–H and O–H groups in total. The Morgan fingerprint density at radius 3 is 2.60 bits per heavy atom. The van der Waals surface area contributed by atoms with Gasteiger partial charge in [0.1, 0.15) is 18.7 Å². The van der Waals surface area contributed by atoms with E-state index in [1.165, 1.54) is 19.1 Å². The van der Waals surface area contributed by atoms with Crippen molar-refractivity contribution in [2.24, 2.45) is 0 Å². The van der Waals surface area contributed by atoms with Crippen LogP contribution in [0.15, 0.2) is 24.5 Å². The fourth-order valence-corrected chi connectivity index (χ4v) is 3.97. The van der Waals surface area contributed by atoms with E-state index in [1.54, 1.807) is 24.5 Å². The maximum atomic E-state index is 13.0. The normalized spacial score (nSPS) is 18.5. The first-order valence-corrected chi connectivity index (χ1v) is 11.0. The quantitative estimate of drug-likeness (QED) is 0.476. The highest BCUT2D eigenvalue weighted by molar-refractivity contribution is 7.88. The first kappa shape index (κ1) is 23.7. The lowest BCUT2D eigenvalue weighted by Gasteiger charge is -2.39. The van der Waals surface area contributed by atoms with Crippen molar-refractivity contribution in [3.63, 3.8) is 0 Å². The molecule has 1 aliphatic heterocycles. The van der Waals surface area contributed by atoms with E-state index in [0.717, 1.165) is 10.6 Å². The predicted molar refractivity (Wildman–Crippen MR) is 106 cm³/mol. The summed E-state index contributed by atoms with van der Waals surface area (Å²) in [5.74, 6) is -1.78. The number of hydrogen-bond donors (Lipinski definition) is 1. The lowest BCUT2D eigenvalue weighted by molar-refractivity contribution is -0.149. The van der Waals surface area contributed by atoms with E-state index in [0.29, 0.717) is 5.56 Å². The van der Waals surface area contributed by atoms with Crippen LogP contribution in [0.4, 0.5) is 0 Å². The molecule has 1 aromatic heterocycles. The molecule has 0 spiro atoms. The number of pyridine rings is 1. The van der Waals surface area contributed by atoms with Gasteiger partial charge in [0.2, 0.25) is 21.8 Å². The number of carbonyl (C=O) groups excluding carboxylic acids is 3. The van der Waals surface area contributed by atoms with Crippen LogP contribution in [0.3, 0.4) is 0 Å². The summed E-state index contributed by atoms with van der Waals surface area (Å²) in [5.41, 5.74) is 0.696. The van der Waals surface area contributed by atoms with Gasteiger partial charge in [-0.2, -0.15) is 4.31 Å². The summed E-state index contributed by atoms with van der Waals surface area (Å²) in [4.78, 5) is 42.9. The van der Waals surface area contributed by atoms with Gasteiger partial charge in [-0.05, 0) is 11.6 Å². The summed E-state index contributed by atoms with van der Waals surface area (Å²) in [6.07, 6.45) is 4.30. The summed E-state index contributed by atoms with van der Waals surface area (Å²) in [7, 11) is -1.02. The lowest BCUT2D eigenvalue weighted by atomic mass is 10.1. The number of sulfonamides is 1. The zero-order valence-corrected chi connectivity index (χ0v) is 17.9. The van der Waals surface area contributed by atoms with E-state index in [2.05, 4.69) is 10.3 Å². The minimum Gasteiger partial charge on any atom is -0.467 e. The number of piperazine rings is 1. The van der Waals surface area contributed by atoms with Crippen LogP contribution in [-0.4, -0.2) is 99.2 Å². The van der Waals surface area contributed by atoms with Crippen molar-refractivity contribution >= 4 is 27.8 Å². The predicted octanol–water partition coefficient (Wildman–Crippen LogP) is -1.60.